The number of rotatable bonds is 21. The van der Waals surface area contributed by atoms with Crippen molar-refractivity contribution in [2.45, 2.75) is 140 Å². The van der Waals surface area contributed by atoms with Crippen molar-refractivity contribution in [3.63, 3.8) is 0 Å². The first-order chi connectivity index (χ1) is 19.0. The second kappa shape index (κ2) is 20.5. The van der Waals surface area contributed by atoms with Gasteiger partial charge in [0.25, 0.3) is 0 Å². The van der Waals surface area contributed by atoms with Gasteiger partial charge in [0.05, 0.1) is 22.4 Å². The van der Waals surface area contributed by atoms with Crippen molar-refractivity contribution < 1.29 is 64.4 Å². The summed E-state index contributed by atoms with van der Waals surface area (Å²) in [4.78, 5) is 2.05. The summed E-state index contributed by atoms with van der Waals surface area (Å²) in [5.41, 5.74) is 2.86. The minimum absolute atomic E-state index is 0. The number of anilines is 2. The van der Waals surface area contributed by atoms with Crippen LogP contribution in [0.3, 0.4) is 0 Å². The van der Waals surface area contributed by atoms with Crippen LogP contribution in [0.1, 0.15) is 128 Å². The minimum atomic E-state index is -4.49. The van der Waals surface area contributed by atoms with Crippen LogP contribution in [-0.4, -0.2) is 19.1 Å². The van der Waals surface area contributed by atoms with Crippen LogP contribution in [-0.2, 0) is 16.7 Å². The molecule has 0 bridgehead atoms. The number of benzene rings is 2. The van der Waals surface area contributed by atoms with E-state index in [1.807, 2.05) is 18.2 Å². The van der Waals surface area contributed by atoms with Crippen LogP contribution < -0.4 is 61.6 Å². The summed E-state index contributed by atoms with van der Waals surface area (Å²) in [5, 5.41) is 3.57. The van der Waals surface area contributed by atoms with Crippen LogP contribution in [0.25, 0.3) is 0 Å². The maximum absolute atomic E-state index is 11.6. The van der Waals surface area contributed by atoms with E-state index in [2.05, 4.69) is 29.3 Å². The zero-order valence-electron chi connectivity index (χ0n) is 25.2. The van der Waals surface area contributed by atoms with E-state index in [4.69, 9.17) is 0 Å². The van der Waals surface area contributed by atoms with Gasteiger partial charge in [-0.3, -0.25) is 0 Å². The molecule has 0 saturated heterocycles. The molecule has 40 heavy (non-hydrogen) atoms. The fourth-order valence-electron chi connectivity index (χ4n) is 5.72. The first kappa shape index (κ1) is 35.8. The van der Waals surface area contributed by atoms with E-state index in [1.54, 1.807) is 6.07 Å². The Morgan fingerprint density at radius 3 is 1.73 bits per heavy atom. The van der Waals surface area contributed by atoms with Crippen molar-refractivity contribution in [3.8, 4) is 0 Å². The SMILES string of the molecule is CCCCCCCCCCCCCCCCCCCC1Nc2ccc(S(=O)(=O)[O-])cc2N1Cc1ccccc1.[K+]. The molecule has 1 atom stereocenters. The van der Waals surface area contributed by atoms with Crippen LogP contribution in [0, 0.1) is 0 Å². The molecule has 0 saturated carbocycles. The molecule has 3 rings (SSSR count). The van der Waals surface area contributed by atoms with Crippen molar-refractivity contribution in [2.24, 2.45) is 0 Å². The van der Waals surface area contributed by atoms with E-state index in [-0.39, 0.29) is 62.4 Å². The number of unbranched alkanes of at least 4 members (excludes halogenated alkanes) is 16. The standard InChI is InChI=1S/C33H52N2O3S.K/c1-2-3-4-5-6-7-8-9-10-11-12-13-14-15-16-17-21-24-33-34-31-26-25-30(39(36,37)38)27-32(31)35(33)28-29-22-19-18-20-23-29;/h18-20,22-23,25-27,33-34H,2-17,21,24,28H2,1H3,(H,36,37,38);/q;+1/p-1. The summed E-state index contributed by atoms with van der Waals surface area (Å²) in [6, 6.07) is 14.9. The van der Waals surface area contributed by atoms with Gasteiger partial charge < -0.3 is 14.8 Å². The van der Waals surface area contributed by atoms with Crippen LogP contribution >= 0.6 is 0 Å². The van der Waals surface area contributed by atoms with Gasteiger partial charge in [-0.25, -0.2) is 8.42 Å². The maximum Gasteiger partial charge on any atom is 1.00 e. The molecule has 0 spiro atoms. The van der Waals surface area contributed by atoms with Crippen molar-refractivity contribution in [1.82, 2.24) is 0 Å². The Balaban J connectivity index is 0.00000560. The van der Waals surface area contributed by atoms with Gasteiger partial charge in [-0.2, -0.15) is 0 Å². The molecule has 1 heterocycles. The summed E-state index contributed by atoms with van der Waals surface area (Å²) in [7, 11) is -4.49. The molecule has 5 nitrogen and oxygen atoms in total. The van der Waals surface area contributed by atoms with Crippen molar-refractivity contribution in [3.05, 3.63) is 54.1 Å². The van der Waals surface area contributed by atoms with E-state index < -0.39 is 10.1 Å². The fraction of sp³-hybridized carbons (Fsp3) is 0.636. The molecule has 1 N–H and O–H groups in total. The third-order valence-electron chi connectivity index (χ3n) is 8.04. The predicted octanol–water partition coefficient (Wildman–Crippen LogP) is 6.39. The van der Waals surface area contributed by atoms with Gasteiger partial charge in [-0.15, -0.1) is 0 Å². The summed E-state index contributed by atoms with van der Waals surface area (Å²) < 4.78 is 34.9. The molecule has 2 aromatic rings. The molecule has 7 heteroatoms. The first-order valence-electron chi connectivity index (χ1n) is 15.7. The van der Waals surface area contributed by atoms with E-state index in [1.165, 1.54) is 115 Å². The number of fused-ring (bicyclic) bond motifs is 1. The van der Waals surface area contributed by atoms with Gasteiger partial charge in [-0.1, -0.05) is 140 Å². The minimum Gasteiger partial charge on any atom is -0.744 e. The Kier molecular flexibility index (Phi) is 18.3. The number of hydrogen-bond donors (Lipinski definition) is 1. The molecule has 1 aliphatic heterocycles. The van der Waals surface area contributed by atoms with Crippen molar-refractivity contribution in [1.29, 1.82) is 0 Å². The zero-order valence-corrected chi connectivity index (χ0v) is 29.2. The van der Waals surface area contributed by atoms with E-state index in [9.17, 15) is 13.0 Å². The molecule has 218 valence electrons. The zero-order chi connectivity index (χ0) is 27.8. The Morgan fingerprint density at radius 1 is 0.725 bits per heavy atom. The summed E-state index contributed by atoms with van der Waals surface area (Å²) in [5.74, 6) is 0. The van der Waals surface area contributed by atoms with Crippen LogP contribution in [0.4, 0.5) is 11.4 Å². The van der Waals surface area contributed by atoms with Crippen molar-refractivity contribution >= 4 is 21.5 Å². The largest absolute Gasteiger partial charge is 1.00 e. The molecule has 1 unspecified atom stereocenters. The second-order valence-corrected chi connectivity index (χ2v) is 12.7. The van der Waals surface area contributed by atoms with Gasteiger partial charge in [0.1, 0.15) is 10.1 Å². The molecular weight excluding hydrogens is 544 g/mol. The van der Waals surface area contributed by atoms with E-state index in [0.717, 1.165) is 29.8 Å². The second-order valence-electron chi connectivity index (χ2n) is 11.4. The van der Waals surface area contributed by atoms with Crippen molar-refractivity contribution in [2.75, 3.05) is 10.2 Å². The van der Waals surface area contributed by atoms with Gasteiger partial charge >= 0.3 is 51.4 Å². The average Bonchev–Trinajstić information content (AvgIpc) is 3.26. The molecule has 0 amide bonds. The third-order valence-corrected chi connectivity index (χ3v) is 8.87. The summed E-state index contributed by atoms with van der Waals surface area (Å²) in [6.45, 7) is 2.95. The summed E-state index contributed by atoms with van der Waals surface area (Å²) >= 11 is 0. The van der Waals surface area contributed by atoms with E-state index in [0.29, 0.717) is 6.54 Å². The maximum atomic E-state index is 11.6. The Hall–Kier alpha value is -0.414. The quantitative estimate of drug-likeness (QED) is 0.103. The van der Waals surface area contributed by atoms with Gasteiger partial charge in [0.2, 0.25) is 0 Å². The average molecular weight is 595 g/mol. The number of nitrogens with one attached hydrogen (secondary N) is 1. The van der Waals surface area contributed by atoms with Gasteiger partial charge in [0, 0.05) is 6.54 Å². The Morgan fingerprint density at radius 2 is 1.23 bits per heavy atom. The topological polar surface area (TPSA) is 72.5 Å². The molecule has 1 aliphatic rings. The summed E-state index contributed by atoms with van der Waals surface area (Å²) in [6.07, 6.45) is 24.2. The molecular formula is C33H51KN2O3S. The van der Waals surface area contributed by atoms with Gasteiger partial charge in [0.15, 0.2) is 0 Å². The number of nitrogens with zero attached hydrogens (tertiary/aromatic N) is 1. The van der Waals surface area contributed by atoms with Gasteiger partial charge in [-0.05, 0) is 36.6 Å². The molecule has 0 radical (unpaired) electrons. The predicted molar refractivity (Wildman–Crippen MR) is 163 cm³/mol. The van der Waals surface area contributed by atoms with Crippen LogP contribution in [0.15, 0.2) is 53.4 Å². The third kappa shape index (κ3) is 13.3. The fourth-order valence-corrected chi connectivity index (χ4v) is 6.21. The van der Waals surface area contributed by atoms with Crippen LogP contribution in [0.5, 0.6) is 0 Å². The Labute approximate surface area is 287 Å². The molecule has 0 fully saturated rings. The molecule has 2 aromatic carbocycles. The monoisotopic (exact) mass is 594 g/mol. The Bertz CT molecular complexity index is 1050. The normalized spacial score (nSPS) is 14.6. The molecule has 0 aromatic heterocycles. The van der Waals surface area contributed by atoms with E-state index >= 15 is 0 Å². The van der Waals surface area contributed by atoms with Crippen LogP contribution in [0.2, 0.25) is 0 Å². The molecule has 0 aliphatic carbocycles. The smallest absolute Gasteiger partial charge is 0.744 e. The first-order valence-corrected chi connectivity index (χ1v) is 17.1. The number of hydrogen-bond acceptors (Lipinski definition) is 5.